The number of ether oxygens (including phenoxy) is 1. The van der Waals surface area contributed by atoms with Crippen LogP contribution in [0.3, 0.4) is 0 Å². The van der Waals surface area contributed by atoms with Crippen LogP contribution in [0.5, 0.6) is 5.75 Å². The molecule has 0 bridgehead atoms. The molecule has 1 aliphatic rings. The lowest BCUT2D eigenvalue weighted by Gasteiger charge is -2.28. The molecule has 0 saturated carbocycles. The molecule has 1 fully saturated rings. The molecule has 1 aromatic rings. The number of likely N-dealkylation sites (tertiary alicyclic amines) is 1. The summed E-state index contributed by atoms with van der Waals surface area (Å²) in [4.78, 5) is 2.34. The number of aryl methyl sites for hydroxylation is 1. The van der Waals surface area contributed by atoms with E-state index in [1.54, 1.807) is 0 Å². The third-order valence-corrected chi connectivity index (χ3v) is 3.82. The number of rotatable bonds is 7. The molecule has 0 aliphatic carbocycles. The Balaban J connectivity index is 1.70. The van der Waals surface area contributed by atoms with Crippen molar-refractivity contribution in [2.75, 3.05) is 26.2 Å². The zero-order chi connectivity index (χ0) is 14.2. The van der Waals surface area contributed by atoms with E-state index in [1.165, 1.54) is 24.8 Å². The average molecular weight is 277 g/mol. The molecule has 3 heteroatoms. The van der Waals surface area contributed by atoms with E-state index in [0.29, 0.717) is 6.61 Å². The molecular formula is C17H27NO2. The second kappa shape index (κ2) is 8.28. The lowest BCUT2D eigenvalue weighted by molar-refractivity contribution is 0.0617. The molecule has 0 amide bonds. The van der Waals surface area contributed by atoms with Crippen LogP contribution in [0, 0.1) is 0 Å². The van der Waals surface area contributed by atoms with Crippen LogP contribution in [-0.4, -0.2) is 42.4 Å². The Kier molecular flexibility index (Phi) is 6.34. The van der Waals surface area contributed by atoms with Crippen LogP contribution in [0.25, 0.3) is 0 Å². The summed E-state index contributed by atoms with van der Waals surface area (Å²) in [6.07, 6.45) is 5.71. The van der Waals surface area contributed by atoms with Gasteiger partial charge in [0.05, 0.1) is 0 Å². The SMILES string of the molecule is CCCc1ccc(OCC(O)CN2CCCCC2)cc1. The third kappa shape index (κ3) is 5.14. The van der Waals surface area contributed by atoms with Gasteiger partial charge in [-0.1, -0.05) is 31.9 Å². The van der Waals surface area contributed by atoms with Crippen LogP contribution >= 0.6 is 0 Å². The molecule has 1 aromatic carbocycles. The van der Waals surface area contributed by atoms with E-state index in [0.717, 1.165) is 38.2 Å². The van der Waals surface area contributed by atoms with E-state index >= 15 is 0 Å². The topological polar surface area (TPSA) is 32.7 Å². The van der Waals surface area contributed by atoms with Gasteiger partial charge in [-0.15, -0.1) is 0 Å². The van der Waals surface area contributed by atoms with E-state index in [-0.39, 0.29) is 0 Å². The first-order valence-electron chi connectivity index (χ1n) is 7.90. The minimum Gasteiger partial charge on any atom is -0.491 e. The van der Waals surface area contributed by atoms with Gasteiger partial charge in [-0.2, -0.15) is 0 Å². The van der Waals surface area contributed by atoms with Crippen LogP contribution in [0.4, 0.5) is 0 Å². The molecule has 1 N–H and O–H groups in total. The highest BCUT2D eigenvalue weighted by atomic mass is 16.5. The predicted octanol–water partition coefficient (Wildman–Crippen LogP) is 2.86. The second-order valence-electron chi connectivity index (χ2n) is 5.72. The highest BCUT2D eigenvalue weighted by Gasteiger charge is 2.14. The quantitative estimate of drug-likeness (QED) is 0.832. The highest BCUT2D eigenvalue weighted by Crippen LogP contribution is 2.14. The summed E-state index contributed by atoms with van der Waals surface area (Å²) in [6.45, 7) is 5.52. The van der Waals surface area contributed by atoms with Crippen molar-refractivity contribution in [2.45, 2.75) is 45.1 Å². The third-order valence-electron chi connectivity index (χ3n) is 3.82. The fourth-order valence-corrected chi connectivity index (χ4v) is 2.73. The van der Waals surface area contributed by atoms with Gasteiger partial charge in [0, 0.05) is 6.54 Å². The highest BCUT2D eigenvalue weighted by molar-refractivity contribution is 5.27. The van der Waals surface area contributed by atoms with Gasteiger partial charge in [0.1, 0.15) is 18.5 Å². The van der Waals surface area contributed by atoms with Gasteiger partial charge in [0.2, 0.25) is 0 Å². The van der Waals surface area contributed by atoms with Crippen molar-refractivity contribution in [2.24, 2.45) is 0 Å². The fraction of sp³-hybridized carbons (Fsp3) is 0.647. The van der Waals surface area contributed by atoms with Crippen molar-refractivity contribution in [1.29, 1.82) is 0 Å². The zero-order valence-electron chi connectivity index (χ0n) is 12.6. The molecule has 1 atom stereocenters. The number of piperidine rings is 1. The van der Waals surface area contributed by atoms with Crippen molar-refractivity contribution in [3.05, 3.63) is 29.8 Å². The van der Waals surface area contributed by atoms with Crippen molar-refractivity contribution in [3.63, 3.8) is 0 Å². The number of aliphatic hydroxyl groups excluding tert-OH is 1. The Hall–Kier alpha value is -1.06. The molecule has 20 heavy (non-hydrogen) atoms. The van der Waals surface area contributed by atoms with Crippen LogP contribution in [0.1, 0.15) is 38.2 Å². The minimum atomic E-state index is -0.400. The Morgan fingerprint density at radius 3 is 2.50 bits per heavy atom. The molecule has 112 valence electrons. The zero-order valence-corrected chi connectivity index (χ0v) is 12.6. The van der Waals surface area contributed by atoms with Gasteiger partial charge in [0.15, 0.2) is 0 Å². The summed E-state index contributed by atoms with van der Waals surface area (Å²) in [5.41, 5.74) is 1.34. The smallest absolute Gasteiger partial charge is 0.119 e. The van der Waals surface area contributed by atoms with Crippen LogP contribution in [-0.2, 0) is 6.42 Å². The standard InChI is InChI=1S/C17H27NO2/c1-2-6-15-7-9-17(10-8-15)20-14-16(19)13-18-11-4-3-5-12-18/h7-10,16,19H,2-6,11-14H2,1H3. The van der Waals surface area contributed by atoms with E-state index in [4.69, 9.17) is 4.74 Å². The number of nitrogens with zero attached hydrogens (tertiary/aromatic N) is 1. The molecule has 0 aromatic heterocycles. The summed E-state index contributed by atoms with van der Waals surface area (Å²) < 4.78 is 5.67. The molecule has 1 unspecified atom stereocenters. The van der Waals surface area contributed by atoms with Gasteiger partial charge in [-0.05, 0) is 50.0 Å². The first-order valence-corrected chi connectivity index (χ1v) is 7.90. The van der Waals surface area contributed by atoms with E-state index in [9.17, 15) is 5.11 Å². The number of β-amino-alcohol motifs (C(OH)–C–C–N with tert-alkyl or cyclic N) is 1. The normalized spacial score (nSPS) is 17.9. The van der Waals surface area contributed by atoms with Crippen molar-refractivity contribution >= 4 is 0 Å². The first kappa shape index (κ1) is 15.3. The Morgan fingerprint density at radius 2 is 1.85 bits per heavy atom. The lowest BCUT2D eigenvalue weighted by atomic mass is 10.1. The first-order chi connectivity index (χ1) is 9.78. The molecule has 1 saturated heterocycles. The number of hydrogen-bond acceptors (Lipinski definition) is 3. The fourth-order valence-electron chi connectivity index (χ4n) is 2.73. The summed E-state index contributed by atoms with van der Waals surface area (Å²) in [5, 5.41) is 10.0. The summed E-state index contributed by atoms with van der Waals surface area (Å²) in [7, 11) is 0. The largest absolute Gasteiger partial charge is 0.491 e. The number of aliphatic hydroxyl groups is 1. The number of hydrogen-bond donors (Lipinski definition) is 1. The van der Waals surface area contributed by atoms with Gasteiger partial charge in [-0.3, -0.25) is 0 Å². The molecule has 1 heterocycles. The second-order valence-corrected chi connectivity index (χ2v) is 5.72. The molecule has 0 spiro atoms. The Labute approximate surface area is 122 Å². The van der Waals surface area contributed by atoms with Crippen molar-refractivity contribution < 1.29 is 9.84 Å². The summed E-state index contributed by atoms with van der Waals surface area (Å²) in [6, 6.07) is 8.21. The van der Waals surface area contributed by atoms with Crippen LogP contribution in [0.2, 0.25) is 0 Å². The average Bonchev–Trinajstić information content (AvgIpc) is 2.48. The van der Waals surface area contributed by atoms with E-state index < -0.39 is 6.10 Å². The molecule has 0 radical (unpaired) electrons. The predicted molar refractivity (Wildman–Crippen MR) is 82.2 cm³/mol. The molecule has 2 rings (SSSR count). The van der Waals surface area contributed by atoms with Gasteiger partial charge in [0.25, 0.3) is 0 Å². The van der Waals surface area contributed by atoms with Crippen molar-refractivity contribution in [1.82, 2.24) is 4.90 Å². The van der Waals surface area contributed by atoms with E-state index in [2.05, 4.69) is 24.0 Å². The van der Waals surface area contributed by atoms with Gasteiger partial charge >= 0.3 is 0 Å². The number of benzene rings is 1. The summed E-state index contributed by atoms with van der Waals surface area (Å²) >= 11 is 0. The van der Waals surface area contributed by atoms with Crippen molar-refractivity contribution in [3.8, 4) is 5.75 Å². The molecule has 1 aliphatic heterocycles. The van der Waals surface area contributed by atoms with Crippen LogP contribution in [0.15, 0.2) is 24.3 Å². The molecule has 3 nitrogen and oxygen atoms in total. The molecular weight excluding hydrogens is 250 g/mol. The van der Waals surface area contributed by atoms with E-state index in [1.807, 2.05) is 12.1 Å². The maximum Gasteiger partial charge on any atom is 0.119 e. The monoisotopic (exact) mass is 277 g/mol. The Bertz CT molecular complexity index is 371. The Morgan fingerprint density at radius 1 is 1.15 bits per heavy atom. The van der Waals surface area contributed by atoms with Gasteiger partial charge < -0.3 is 14.7 Å². The maximum absolute atomic E-state index is 10.0. The summed E-state index contributed by atoms with van der Waals surface area (Å²) in [5.74, 6) is 0.850. The lowest BCUT2D eigenvalue weighted by Crippen LogP contribution is -2.38. The van der Waals surface area contributed by atoms with Crippen LogP contribution < -0.4 is 4.74 Å². The van der Waals surface area contributed by atoms with Gasteiger partial charge in [-0.25, -0.2) is 0 Å². The minimum absolute atomic E-state index is 0.379. The maximum atomic E-state index is 10.0.